The minimum absolute atomic E-state index is 0.0887. The number of allylic oxidation sites excluding steroid dienone is 14. The monoisotopic (exact) mass is 476 g/mol. The molecule has 174 valence electrons. The van der Waals surface area contributed by atoms with Gasteiger partial charge in [0, 0.05) is 19.1 Å². The summed E-state index contributed by atoms with van der Waals surface area (Å²) in [5, 5.41) is 2.65. The Labute approximate surface area is 209 Å². The third-order valence-corrected chi connectivity index (χ3v) is 8.65. The molecule has 0 saturated carbocycles. The van der Waals surface area contributed by atoms with E-state index in [9.17, 15) is 4.57 Å². The van der Waals surface area contributed by atoms with Crippen LogP contribution in [0.2, 0.25) is 0 Å². The van der Waals surface area contributed by atoms with Crippen molar-refractivity contribution in [3.63, 3.8) is 0 Å². The van der Waals surface area contributed by atoms with Crippen molar-refractivity contribution in [3.8, 4) is 0 Å². The maximum absolute atomic E-state index is 13.2. The van der Waals surface area contributed by atoms with E-state index in [0.717, 1.165) is 18.4 Å². The van der Waals surface area contributed by atoms with Crippen molar-refractivity contribution in [2.75, 3.05) is 0 Å². The summed E-state index contributed by atoms with van der Waals surface area (Å²) in [4.78, 5) is 4.83. The Morgan fingerprint density at radius 1 is 1.09 bits per heavy atom. The van der Waals surface area contributed by atoms with Crippen LogP contribution in [-0.2, 0) is 11.0 Å². The van der Waals surface area contributed by atoms with Gasteiger partial charge in [0.15, 0.2) is 5.66 Å². The lowest BCUT2D eigenvalue weighted by molar-refractivity contribution is 0.580. The van der Waals surface area contributed by atoms with E-state index >= 15 is 0 Å². The molecule has 0 heterocycles. The normalized spacial score (nSPS) is 20.6. The van der Waals surface area contributed by atoms with Crippen molar-refractivity contribution in [2.24, 2.45) is 4.99 Å². The van der Waals surface area contributed by atoms with Crippen LogP contribution >= 0.6 is 7.80 Å². The first-order valence-electron chi connectivity index (χ1n) is 12.5. The molecule has 0 bridgehead atoms. The number of benzene rings is 2. The van der Waals surface area contributed by atoms with Gasteiger partial charge in [-0.15, -0.1) is 0 Å². The zero-order valence-corrected chi connectivity index (χ0v) is 21.2. The SMILES string of the molecule is CC/C=C(\C=NC(C)[P+](=O)C1C=CC=CC=C1)C1C=CC=C2C=CCc3cccc4ccc1c2c34. The molecule has 0 radical (unpaired) electrons. The summed E-state index contributed by atoms with van der Waals surface area (Å²) < 4.78 is 13.2. The molecule has 3 atom stereocenters. The van der Waals surface area contributed by atoms with Gasteiger partial charge in [0.05, 0.1) is 0 Å². The van der Waals surface area contributed by atoms with Crippen LogP contribution in [0.4, 0.5) is 0 Å². The predicted octanol–water partition coefficient (Wildman–Crippen LogP) is 8.62. The Kier molecular flexibility index (Phi) is 7.02. The van der Waals surface area contributed by atoms with Crippen LogP contribution in [0.25, 0.3) is 16.3 Å². The average molecular weight is 477 g/mol. The van der Waals surface area contributed by atoms with Crippen LogP contribution in [0.15, 0.2) is 114 Å². The van der Waals surface area contributed by atoms with Gasteiger partial charge in [0.1, 0.15) is 0 Å². The van der Waals surface area contributed by atoms with Gasteiger partial charge in [-0.3, -0.25) is 0 Å². The molecule has 0 amide bonds. The van der Waals surface area contributed by atoms with Crippen molar-refractivity contribution in [3.05, 3.63) is 126 Å². The molecule has 0 fully saturated rings. The van der Waals surface area contributed by atoms with Gasteiger partial charge < -0.3 is 0 Å². The Morgan fingerprint density at radius 2 is 1.91 bits per heavy atom. The van der Waals surface area contributed by atoms with Crippen LogP contribution < -0.4 is 0 Å². The number of nitrogens with zero attached hydrogens (tertiary/aromatic N) is 1. The number of rotatable bonds is 6. The van der Waals surface area contributed by atoms with E-state index in [0.29, 0.717) is 0 Å². The summed E-state index contributed by atoms with van der Waals surface area (Å²) in [6.07, 6.45) is 29.2. The van der Waals surface area contributed by atoms with Crippen LogP contribution in [0, 0.1) is 0 Å². The van der Waals surface area contributed by atoms with E-state index in [2.05, 4.69) is 73.7 Å². The van der Waals surface area contributed by atoms with E-state index in [1.165, 1.54) is 33.0 Å². The van der Waals surface area contributed by atoms with Gasteiger partial charge in [-0.2, -0.15) is 0 Å². The summed E-state index contributed by atoms with van der Waals surface area (Å²) in [7, 11) is -1.55. The van der Waals surface area contributed by atoms with Gasteiger partial charge in [0.25, 0.3) is 0 Å². The summed E-state index contributed by atoms with van der Waals surface area (Å²) in [5.74, 6) is -0.169. The van der Waals surface area contributed by atoms with Crippen molar-refractivity contribution in [2.45, 2.75) is 44.0 Å². The summed E-state index contributed by atoms with van der Waals surface area (Å²) in [6.45, 7) is 4.12. The first kappa shape index (κ1) is 23.4. The maximum atomic E-state index is 13.2. The highest BCUT2D eigenvalue weighted by Gasteiger charge is 2.32. The average Bonchev–Trinajstić information content (AvgIpc) is 3.33. The highest BCUT2D eigenvalue weighted by atomic mass is 31.1. The largest absolute Gasteiger partial charge is 0.376 e. The second-order valence-corrected chi connectivity index (χ2v) is 11.2. The molecule has 0 aliphatic heterocycles. The van der Waals surface area contributed by atoms with Gasteiger partial charge >= 0.3 is 7.80 Å². The minimum atomic E-state index is -1.55. The Balaban J connectivity index is 1.52. The van der Waals surface area contributed by atoms with E-state index < -0.39 is 7.80 Å². The van der Waals surface area contributed by atoms with Gasteiger partial charge in [-0.25, -0.2) is 4.99 Å². The molecule has 3 heteroatoms. The molecule has 3 aliphatic carbocycles. The van der Waals surface area contributed by atoms with E-state index in [-0.39, 0.29) is 17.4 Å². The molecular weight excluding hydrogens is 445 g/mol. The lowest BCUT2D eigenvalue weighted by Gasteiger charge is -2.20. The summed E-state index contributed by atoms with van der Waals surface area (Å²) in [6, 6.07) is 11.2. The van der Waals surface area contributed by atoms with Crippen LogP contribution in [0.1, 0.15) is 42.9 Å². The summed E-state index contributed by atoms with van der Waals surface area (Å²) >= 11 is 0. The van der Waals surface area contributed by atoms with Gasteiger partial charge in [0.2, 0.25) is 5.78 Å². The predicted molar refractivity (Wildman–Crippen MR) is 152 cm³/mol. The molecule has 5 rings (SSSR count). The van der Waals surface area contributed by atoms with Gasteiger partial charge in [-0.05, 0) is 63.6 Å². The third-order valence-electron chi connectivity index (χ3n) is 6.85. The smallest absolute Gasteiger partial charge is 0.241 e. The number of aliphatic imine (C=N–C) groups is 1. The van der Waals surface area contributed by atoms with Crippen molar-refractivity contribution >= 4 is 30.4 Å². The summed E-state index contributed by atoms with van der Waals surface area (Å²) in [5.41, 5.74) is 6.34. The molecule has 0 N–H and O–H groups in total. The molecule has 2 aromatic carbocycles. The lowest BCUT2D eigenvalue weighted by Crippen LogP contribution is -2.07. The van der Waals surface area contributed by atoms with Gasteiger partial charge in [-0.1, -0.05) is 103 Å². The van der Waals surface area contributed by atoms with Crippen LogP contribution in [-0.4, -0.2) is 17.7 Å². The third kappa shape index (κ3) is 4.77. The molecule has 3 unspecified atom stereocenters. The molecule has 0 spiro atoms. The second kappa shape index (κ2) is 10.5. The quantitative estimate of drug-likeness (QED) is 0.303. The standard InChI is InChI=1S/C32H31NOP/c1-3-11-27(22-33-23(2)35(34)28-17-6-4-5-7-18-28)29-19-10-16-25-14-8-12-24-13-9-15-26-20-21-30(29)32(25)31(24)26/h4-11,13-23,28-29H,3,12H2,1-2H3/q+1/b27-11+,33-22?. The fourth-order valence-corrected chi connectivity index (χ4v) is 6.37. The zero-order chi connectivity index (χ0) is 24.2. The molecule has 0 aromatic heterocycles. The fourth-order valence-electron chi connectivity index (χ4n) is 5.13. The van der Waals surface area contributed by atoms with E-state index in [1.807, 2.05) is 49.6 Å². The highest BCUT2D eigenvalue weighted by molar-refractivity contribution is 7.46. The lowest BCUT2D eigenvalue weighted by atomic mass is 9.83. The molecule has 3 aliphatic rings. The molecule has 2 nitrogen and oxygen atoms in total. The topological polar surface area (TPSA) is 29.4 Å². The second-order valence-electron chi connectivity index (χ2n) is 9.16. The van der Waals surface area contributed by atoms with Crippen LogP contribution in [0.3, 0.4) is 0 Å². The molecule has 2 aromatic rings. The van der Waals surface area contributed by atoms with Crippen molar-refractivity contribution in [1.82, 2.24) is 0 Å². The Bertz CT molecular complexity index is 1380. The highest BCUT2D eigenvalue weighted by Crippen LogP contribution is 2.42. The van der Waals surface area contributed by atoms with E-state index in [1.54, 1.807) is 0 Å². The molecule has 0 saturated heterocycles. The molecular formula is C32H31NOP+. The first-order chi connectivity index (χ1) is 17.2. The minimum Gasteiger partial charge on any atom is -0.241 e. The Hall–Kier alpha value is -3.35. The molecule has 35 heavy (non-hydrogen) atoms. The zero-order valence-electron chi connectivity index (χ0n) is 20.3. The Morgan fingerprint density at radius 3 is 2.71 bits per heavy atom. The van der Waals surface area contributed by atoms with E-state index in [4.69, 9.17) is 4.99 Å². The maximum Gasteiger partial charge on any atom is 0.376 e. The first-order valence-corrected chi connectivity index (χ1v) is 13.9. The van der Waals surface area contributed by atoms with Crippen molar-refractivity contribution in [1.29, 1.82) is 0 Å². The van der Waals surface area contributed by atoms with Crippen LogP contribution in [0.5, 0.6) is 0 Å². The van der Waals surface area contributed by atoms with Crippen molar-refractivity contribution < 1.29 is 4.57 Å². The number of hydrogen-bond donors (Lipinski definition) is 0. The number of hydrogen-bond acceptors (Lipinski definition) is 2. The fraction of sp³-hybridized carbons (Fsp3) is 0.219.